The van der Waals surface area contributed by atoms with E-state index in [0.717, 1.165) is 4.47 Å². The number of hydrogen-bond donors (Lipinski definition) is 1. The Kier molecular flexibility index (Phi) is 2.06. The molecule has 3 heteroatoms. The van der Waals surface area contributed by atoms with Crippen LogP contribution >= 0.6 is 15.9 Å². The van der Waals surface area contributed by atoms with Crippen LogP contribution in [0.15, 0.2) is 59.3 Å². The van der Waals surface area contributed by atoms with Gasteiger partial charge in [-0.15, -0.1) is 0 Å². The SMILES string of the molecule is Brc1cccc2c1N1C=CNC1c1ccccc1-2. The van der Waals surface area contributed by atoms with Gasteiger partial charge in [-0.25, -0.2) is 0 Å². The molecule has 4 rings (SSSR count). The summed E-state index contributed by atoms with van der Waals surface area (Å²) in [4.78, 5) is 2.28. The molecule has 88 valence electrons. The van der Waals surface area contributed by atoms with Crippen molar-refractivity contribution in [3.8, 4) is 11.1 Å². The monoisotopic (exact) mass is 298 g/mol. The molecule has 2 aliphatic heterocycles. The average molecular weight is 299 g/mol. The predicted octanol–water partition coefficient (Wildman–Crippen LogP) is 4.01. The minimum atomic E-state index is 0.215. The summed E-state index contributed by atoms with van der Waals surface area (Å²) in [5.41, 5.74) is 5.16. The molecule has 2 aromatic carbocycles. The fourth-order valence-electron chi connectivity index (χ4n) is 2.80. The summed E-state index contributed by atoms with van der Waals surface area (Å²) in [6.07, 6.45) is 4.33. The number of benzene rings is 2. The zero-order chi connectivity index (χ0) is 12.1. The van der Waals surface area contributed by atoms with Crippen LogP contribution in [0.25, 0.3) is 11.1 Å². The molecule has 0 amide bonds. The molecule has 0 saturated carbocycles. The van der Waals surface area contributed by atoms with Gasteiger partial charge in [0.25, 0.3) is 0 Å². The zero-order valence-electron chi connectivity index (χ0n) is 9.60. The third kappa shape index (κ3) is 1.22. The molecular weight excluding hydrogens is 288 g/mol. The average Bonchev–Trinajstić information content (AvgIpc) is 2.88. The van der Waals surface area contributed by atoms with Crippen LogP contribution in [0.1, 0.15) is 11.7 Å². The van der Waals surface area contributed by atoms with Crippen molar-refractivity contribution in [1.29, 1.82) is 0 Å². The normalized spacial score (nSPS) is 18.9. The van der Waals surface area contributed by atoms with Crippen molar-refractivity contribution in [3.05, 3.63) is 64.9 Å². The van der Waals surface area contributed by atoms with Crippen molar-refractivity contribution < 1.29 is 0 Å². The summed E-state index contributed by atoms with van der Waals surface area (Å²) in [7, 11) is 0. The molecule has 0 bridgehead atoms. The Bertz CT molecular complexity index is 663. The second kappa shape index (κ2) is 3.62. The second-order valence-electron chi connectivity index (χ2n) is 4.52. The summed E-state index contributed by atoms with van der Waals surface area (Å²) < 4.78 is 1.13. The van der Waals surface area contributed by atoms with Crippen molar-refractivity contribution in [3.63, 3.8) is 0 Å². The Hall–Kier alpha value is -1.74. The van der Waals surface area contributed by atoms with Gasteiger partial charge in [-0.05, 0) is 27.6 Å². The first-order valence-corrected chi connectivity index (χ1v) is 6.74. The maximum absolute atomic E-state index is 3.67. The van der Waals surface area contributed by atoms with Crippen molar-refractivity contribution in [1.82, 2.24) is 5.32 Å². The van der Waals surface area contributed by atoms with Crippen LogP contribution < -0.4 is 10.2 Å². The molecular formula is C15H11BrN2. The van der Waals surface area contributed by atoms with Gasteiger partial charge in [-0.3, -0.25) is 0 Å². The van der Waals surface area contributed by atoms with E-state index in [1.807, 2.05) is 6.20 Å². The molecule has 2 nitrogen and oxygen atoms in total. The molecule has 0 fully saturated rings. The highest BCUT2D eigenvalue weighted by atomic mass is 79.9. The number of nitrogens with zero attached hydrogens (tertiary/aromatic N) is 1. The van der Waals surface area contributed by atoms with Gasteiger partial charge >= 0.3 is 0 Å². The molecule has 0 saturated heterocycles. The summed E-state index contributed by atoms with van der Waals surface area (Å²) in [5, 5.41) is 3.41. The minimum Gasteiger partial charge on any atom is -0.366 e. The van der Waals surface area contributed by atoms with Crippen LogP contribution in [0.2, 0.25) is 0 Å². The Morgan fingerprint density at radius 3 is 2.78 bits per heavy atom. The molecule has 0 radical (unpaired) electrons. The first kappa shape index (κ1) is 10.2. The van der Waals surface area contributed by atoms with Gasteiger partial charge in [0, 0.05) is 28.0 Å². The van der Waals surface area contributed by atoms with Gasteiger partial charge in [0.2, 0.25) is 0 Å². The summed E-state index contributed by atoms with van der Waals surface area (Å²) in [6, 6.07) is 14.9. The molecule has 1 atom stereocenters. The molecule has 0 aliphatic carbocycles. The second-order valence-corrected chi connectivity index (χ2v) is 5.37. The molecule has 0 aromatic heterocycles. The van der Waals surface area contributed by atoms with Gasteiger partial charge in [0.1, 0.15) is 6.17 Å². The Morgan fingerprint density at radius 1 is 1.00 bits per heavy atom. The largest absolute Gasteiger partial charge is 0.366 e. The lowest BCUT2D eigenvalue weighted by molar-refractivity contribution is 0.662. The van der Waals surface area contributed by atoms with Crippen LogP contribution in [0.5, 0.6) is 0 Å². The Labute approximate surface area is 114 Å². The van der Waals surface area contributed by atoms with Crippen molar-refractivity contribution >= 4 is 21.6 Å². The van der Waals surface area contributed by atoms with Crippen LogP contribution in [0, 0.1) is 0 Å². The lowest BCUT2D eigenvalue weighted by Crippen LogP contribution is -2.30. The van der Waals surface area contributed by atoms with Crippen LogP contribution in [-0.4, -0.2) is 0 Å². The fourth-order valence-corrected chi connectivity index (χ4v) is 3.37. The quantitative estimate of drug-likeness (QED) is 0.790. The molecule has 18 heavy (non-hydrogen) atoms. The lowest BCUT2D eigenvalue weighted by atomic mass is 9.92. The van der Waals surface area contributed by atoms with E-state index in [-0.39, 0.29) is 6.17 Å². The maximum Gasteiger partial charge on any atom is 0.130 e. The van der Waals surface area contributed by atoms with Gasteiger partial charge in [-0.1, -0.05) is 36.4 Å². The van der Waals surface area contributed by atoms with E-state index >= 15 is 0 Å². The van der Waals surface area contributed by atoms with E-state index in [0.29, 0.717) is 0 Å². The number of nitrogens with one attached hydrogen (secondary N) is 1. The first-order valence-electron chi connectivity index (χ1n) is 5.95. The Morgan fingerprint density at radius 2 is 1.83 bits per heavy atom. The first-order chi connectivity index (χ1) is 8.86. The van der Waals surface area contributed by atoms with E-state index in [1.165, 1.54) is 22.4 Å². The standard InChI is InChI=1S/C15H11BrN2/c16-13-7-3-6-11-10-4-1-2-5-12(10)15-17-8-9-18(15)14(11)13/h1-9,15,17H. The molecule has 2 aliphatic rings. The molecule has 2 aromatic rings. The topological polar surface area (TPSA) is 15.3 Å². The summed E-state index contributed by atoms with van der Waals surface area (Å²) >= 11 is 3.67. The van der Waals surface area contributed by atoms with Crippen molar-refractivity contribution in [2.24, 2.45) is 0 Å². The highest BCUT2D eigenvalue weighted by Gasteiger charge is 2.32. The van der Waals surface area contributed by atoms with Crippen LogP contribution in [-0.2, 0) is 0 Å². The van der Waals surface area contributed by atoms with Gasteiger partial charge < -0.3 is 10.2 Å². The van der Waals surface area contributed by atoms with Crippen LogP contribution in [0.4, 0.5) is 5.69 Å². The molecule has 2 heterocycles. The number of fused-ring (bicyclic) bond motifs is 6. The van der Waals surface area contributed by atoms with Gasteiger partial charge in [0.15, 0.2) is 0 Å². The third-order valence-corrected chi connectivity index (χ3v) is 4.20. The summed E-state index contributed by atoms with van der Waals surface area (Å²) in [5.74, 6) is 0. The van der Waals surface area contributed by atoms with E-state index in [2.05, 4.69) is 74.8 Å². The zero-order valence-corrected chi connectivity index (χ0v) is 11.2. The smallest absolute Gasteiger partial charge is 0.130 e. The number of rotatable bonds is 0. The van der Waals surface area contributed by atoms with Crippen molar-refractivity contribution in [2.75, 3.05) is 4.90 Å². The number of para-hydroxylation sites is 1. The third-order valence-electron chi connectivity index (χ3n) is 3.56. The van der Waals surface area contributed by atoms with E-state index in [9.17, 15) is 0 Å². The fraction of sp³-hybridized carbons (Fsp3) is 0.0667. The van der Waals surface area contributed by atoms with Crippen molar-refractivity contribution in [2.45, 2.75) is 6.17 Å². The maximum atomic E-state index is 3.67. The van der Waals surface area contributed by atoms with Gasteiger partial charge in [0.05, 0.1) is 5.69 Å². The van der Waals surface area contributed by atoms with E-state index in [1.54, 1.807) is 0 Å². The highest BCUT2D eigenvalue weighted by Crippen LogP contribution is 2.48. The number of anilines is 1. The number of halogens is 1. The molecule has 1 unspecified atom stereocenters. The lowest BCUT2D eigenvalue weighted by Gasteiger charge is -2.35. The van der Waals surface area contributed by atoms with E-state index in [4.69, 9.17) is 0 Å². The summed E-state index contributed by atoms with van der Waals surface area (Å²) in [6.45, 7) is 0. The van der Waals surface area contributed by atoms with Gasteiger partial charge in [-0.2, -0.15) is 0 Å². The molecule has 1 N–H and O–H groups in total. The Balaban J connectivity index is 2.09. The van der Waals surface area contributed by atoms with E-state index < -0.39 is 0 Å². The minimum absolute atomic E-state index is 0.215. The highest BCUT2D eigenvalue weighted by molar-refractivity contribution is 9.10. The van der Waals surface area contributed by atoms with Crippen LogP contribution in [0.3, 0.4) is 0 Å². The predicted molar refractivity (Wildman–Crippen MR) is 77.1 cm³/mol. The number of hydrogen-bond acceptors (Lipinski definition) is 2. The molecule has 0 spiro atoms.